The van der Waals surface area contributed by atoms with Crippen LogP contribution in [-0.4, -0.2) is 5.78 Å². The number of Topliss-reactive ketones (excluding diaryl/α,β-unsaturated/α-hetero) is 1. The van der Waals surface area contributed by atoms with Crippen molar-refractivity contribution < 1.29 is 4.79 Å². The maximum atomic E-state index is 13.1. The molecule has 2 aromatic rings. The summed E-state index contributed by atoms with van der Waals surface area (Å²) in [5.41, 5.74) is 8.03. The van der Waals surface area contributed by atoms with Gasteiger partial charge in [0.1, 0.15) is 5.78 Å². The van der Waals surface area contributed by atoms with Crippen LogP contribution in [0.5, 0.6) is 0 Å². The van der Waals surface area contributed by atoms with Gasteiger partial charge in [-0.1, -0.05) is 119 Å². The molecule has 1 aliphatic rings. The third kappa shape index (κ3) is 6.64. The summed E-state index contributed by atoms with van der Waals surface area (Å²) in [6.45, 7) is 27.2. The molecule has 0 radical (unpaired) electrons. The smallest absolute Gasteiger partial charge is 0.136 e. The van der Waals surface area contributed by atoms with Gasteiger partial charge in [0.2, 0.25) is 0 Å². The van der Waals surface area contributed by atoms with Crippen molar-refractivity contribution in [1.82, 2.24) is 5.32 Å². The topological polar surface area (TPSA) is 29.1 Å². The largest absolute Gasteiger partial charge is 0.302 e. The van der Waals surface area contributed by atoms with E-state index in [-0.39, 0.29) is 33.7 Å². The molecule has 0 aromatic heterocycles. The van der Waals surface area contributed by atoms with E-state index in [0.29, 0.717) is 18.6 Å². The number of piperidine rings is 1. The van der Waals surface area contributed by atoms with Gasteiger partial charge < -0.3 is 5.32 Å². The van der Waals surface area contributed by atoms with Crippen molar-refractivity contribution in [2.75, 3.05) is 0 Å². The Hall–Kier alpha value is -1.93. The Labute approximate surface area is 215 Å². The molecule has 1 fully saturated rings. The van der Waals surface area contributed by atoms with Crippen molar-refractivity contribution in [3.05, 3.63) is 69.8 Å². The first-order chi connectivity index (χ1) is 15.7. The van der Waals surface area contributed by atoms with Crippen LogP contribution in [0, 0.1) is 0 Å². The van der Waals surface area contributed by atoms with E-state index in [0.717, 1.165) is 0 Å². The van der Waals surface area contributed by atoms with E-state index < -0.39 is 0 Å². The van der Waals surface area contributed by atoms with Crippen LogP contribution >= 0.6 is 0 Å². The summed E-state index contributed by atoms with van der Waals surface area (Å²) < 4.78 is 0. The zero-order chi connectivity index (χ0) is 26.6. The van der Waals surface area contributed by atoms with Crippen LogP contribution in [0.2, 0.25) is 0 Å². The molecule has 1 N–H and O–H groups in total. The maximum Gasteiger partial charge on any atom is 0.136 e. The second-order valence-electron chi connectivity index (χ2n) is 14.9. The van der Waals surface area contributed by atoms with E-state index in [4.69, 9.17) is 0 Å². The number of nitrogens with one attached hydrogen (secondary N) is 1. The van der Waals surface area contributed by atoms with Gasteiger partial charge in [-0.2, -0.15) is 0 Å². The zero-order valence-corrected chi connectivity index (χ0v) is 24.4. The molecule has 1 saturated heterocycles. The minimum absolute atomic E-state index is 0.0287. The number of hydrogen-bond acceptors (Lipinski definition) is 2. The van der Waals surface area contributed by atoms with Crippen molar-refractivity contribution >= 4 is 5.78 Å². The van der Waals surface area contributed by atoms with Crippen molar-refractivity contribution in [2.24, 2.45) is 0 Å². The standard InChI is InChI=1S/C33H49NO/c1-30(2,3)23-13-21(14-24(17-23)31(4,5)6)28-19-27(35)20-29(34-28)22-15-25(32(7,8)9)18-26(16-22)33(10,11)12/h13-18,28-29,34H,19-20H2,1-12H3/t28-,29+. The normalized spacial score (nSPS) is 20.3. The van der Waals surface area contributed by atoms with E-state index in [2.05, 4.69) is 125 Å². The highest BCUT2D eigenvalue weighted by Crippen LogP contribution is 2.38. The monoisotopic (exact) mass is 475 g/mol. The number of hydrogen-bond donors (Lipinski definition) is 1. The number of benzene rings is 2. The summed E-state index contributed by atoms with van der Waals surface area (Å²) in [5.74, 6) is 0.343. The summed E-state index contributed by atoms with van der Waals surface area (Å²) in [4.78, 5) is 13.1. The van der Waals surface area contributed by atoms with Crippen LogP contribution in [0.3, 0.4) is 0 Å². The van der Waals surface area contributed by atoms with Gasteiger partial charge in [0, 0.05) is 24.9 Å². The molecule has 0 spiro atoms. The predicted octanol–water partition coefficient (Wildman–Crippen LogP) is 8.61. The third-order valence-corrected chi connectivity index (χ3v) is 7.45. The lowest BCUT2D eigenvalue weighted by Crippen LogP contribution is -2.36. The van der Waals surface area contributed by atoms with Crippen LogP contribution in [-0.2, 0) is 26.5 Å². The molecular weight excluding hydrogens is 426 g/mol. The van der Waals surface area contributed by atoms with Gasteiger partial charge in [0.25, 0.3) is 0 Å². The van der Waals surface area contributed by atoms with Gasteiger partial charge in [0.15, 0.2) is 0 Å². The van der Waals surface area contributed by atoms with E-state index in [1.165, 1.54) is 33.4 Å². The van der Waals surface area contributed by atoms with Crippen molar-refractivity contribution in [3.63, 3.8) is 0 Å². The molecule has 192 valence electrons. The van der Waals surface area contributed by atoms with Crippen molar-refractivity contribution in [1.29, 1.82) is 0 Å². The Kier molecular flexibility index (Phi) is 7.25. The van der Waals surface area contributed by atoms with Crippen LogP contribution in [0.4, 0.5) is 0 Å². The number of ketones is 1. The summed E-state index contributed by atoms with van der Waals surface area (Å²) >= 11 is 0. The van der Waals surface area contributed by atoms with Crippen LogP contribution in [0.1, 0.15) is 141 Å². The van der Waals surface area contributed by atoms with E-state index >= 15 is 0 Å². The molecule has 0 unspecified atom stereocenters. The SMILES string of the molecule is CC(C)(C)c1cc([C@@H]2CC(=O)C[C@H](c3cc(C(C)(C)C)cc(C(C)(C)C)c3)N2)cc(C(C)(C)C)c1. The molecule has 2 heteroatoms. The molecule has 0 amide bonds. The average Bonchev–Trinajstić information content (AvgIpc) is 2.70. The van der Waals surface area contributed by atoms with E-state index in [1.807, 2.05) is 0 Å². The first-order valence-electron chi connectivity index (χ1n) is 13.3. The Balaban J connectivity index is 2.08. The molecule has 0 saturated carbocycles. The molecule has 2 aromatic carbocycles. The number of carbonyl (C=O) groups is 1. The molecule has 35 heavy (non-hydrogen) atoms. The first kappa shape index (κ1) is 27.7. The molecule has 0 aliphatic carbocycles. The fraction of sp³-hybridized carbons (Fsp3) is 0.606. The van der Waals surface area contributed by atoms with Crippen LogP contribution < -0.4 is 5.32 Å². The summed E-state index contributed by atoms with van der Waals surface area (Å²) in [6.07, 6.45) is 1.11. The molecule has 2 atom stereocenters. The molecule has 0 bridgehead atoms. The third-order valence-electron chi connectivity index (χ3n) is 7.45. The van der Waals surface area contributed by atoms with Gasteiger partial charge in [0.05, 0.1) is 0 Å². The van der Waals surface area contributed by atoms with Gasteiger partial charge in [-0.3, -0.25) is 4.79 Å². The molecule has 1 heterocycles. The van der Waals surface area contributed by atoms with Gasteiger partial charge in [-0.05, 0) is 55.0 Å². The maximum absolute atomic E-state index is 13.1. The average molecular weight is 476 g/mol. The molecule has 2 nitrogen and oxygen atoms in total. The van der Waals surface area contributed by atoms with Crippen LogP contribution in [0.15, 0.2) is 36.4 Å². The second-order valence-corrected chi connectivity index (χ2v) is 14.9. The van der Waals surface area contributed by atoms with Crippen molar-refractivity contribution in [2.45, 2.75) is 130 Å². The van der Waals surface area contributed by atoms with Crippen molar-refractivity contribution in [3.8, 4) is 0 Å². The van der Waals surface area contributed by atoms with E-state index in [1.54, 1.807) is 0 Å². The van der Waals surface area contributed by atoms with Crippen LogP contribution in [0.25, 0.3) is 0 Å². The second kappa shape index (κ2) is 9.18. The first-order valence-corrected chi connectivity index (χ1v) is 13.3. The van der Waals surface area contributed by atoms with Gasteiger partial charge in [-0.25, -0.2) is 0 Å². The Morgan fingerprint density at radius 2 is 0.771 bits per heavy atom. The molecular formula is C33H49NO. The highest BCUT2D eigenvalue weighted by molar-refractivity contribution is 5.81. The Bertz CT molecular complexity index is 930. The summed E-state index contributed by atoms with van der Waals surface area (Å²) in [7, 11) is 0. The Morgan fingerprint density at radius 1 is 0.514 bits per heavy atom. The number of carbonyl (C=O) groups excluding carboxylic acids is 1. The quantitative estimate of drug-likeness (QED) is 0.471. The lowest BCUT2D eigenvalue weighted by Gasteiger charge is -2.35. The highest BCUT2D eigenvalue weighted by atomic mass is 16.1. The zero-order valence-electron chi connectivity index (χ0n) is 24.4. The van der Waals surface area contributed by atoms with Gasteiger partial charge in [-0.15, -0.1) is 0 Å². The number of rotatable bonds is 2. The summed E-state index contributed by atoms with van der Waals surface area (Å²) in [6, 6.07) is 14.1. The Morgan fingerprint density at radius 3 is 1.00 bits per heavy atom. The lowest BCUT2D eigenvalue weighted by molar-refractivity contribution is -0.121. The molecule has 1 aliphatic heterocycles. The minimum atomic E-state index is 0.0287. The fourth-order valence-corrected chi connectivity index (χ4v) is 4.77. The van der Waals surface area contributed by atoms with Gasteiger partial charge >= 0.3 is 0 Å². The summed E-state index contributed by atoms with van der Waals surface area (Å²) in [5, 5.41) is 3.91. The lowest BCUT2D eigenvalue weighted by atomic mass is 9.77. The highest BCUT2D eigenvalue weighted by Gasteiger charge is 2.32. The van der Waals surface area contributed by atoms with E-state index in [9.17, 15) is 4.79 Å². The minimum Gasteiger partial charge on any atom is -0.302 e. The molecule has 3 rings (SSSR count). The predicted molar refractivity (Wildman–Crippen MR) is 151 cm³/mol. The fourth-order valence-electron chi connectivity index (χ4n) is 4.77.